The van der Waals surface area contributed by atoms with E-state index in [9.17, 15) is 13.6 Å². The van der Waals surface area contributed by atoms with E-state index in [-0.39, 0.29) is 6.04 Å². The number of likely N-dealkylation sites (N-methyl/N-ethyl adjacent to an activating group) is 2. The molecule has 1 N–H and O–H groups in total. The Morgan fingerprint density at radius 1 is 1.03 bits per heavy atom. The van der Waals surface area contributed by atoms with Gasteiger partial charge in [0.05, 0.1) is 6.04 Å². The Kier molecular flexibility index (Phi) is 6.01. The maximum Gasteiger partial charge on any atom is 0.257 e. The average Bonchev–Trinajstić information content (AvgIpc) is 3.09. The van der Waals surface area contributed by atoms with Gasteiger partial charge in [-0.15, -0.1) is 0 Å². The van der Waals surface area contributed by atoms with E-state index in [1.807, 2.05) is 0 Å². The molecule has 7 heteroatoms. The highest BCUT2D eigenvalue weighted by Crippen LogP contribution is 2.31. The van der Waals surface area contributed by atoms with Gasteiger partial charge in [0, 0.05) is 52.0 Å². The SMILES string of the molecule is CN1CCN(C(CNC(=O)c2c(F)cccc2F)c2ccc3c(c2)CCN3C)CC1. The van der Waals surface area contributed by atoms with Crippen LogP contribution < -0.4 is 10.2 Å². The van der Waals surface area contributed by atoms with Crippen LogP contribution in [0.1, 0.15) is 27.5 Å². The van der Waals surface area contributed by atoms with Crippen molar-refractivity contribution in [3.63, 3.8) is 0 Å². The summed E-state index contributed by atoms with van der Waals surface area (Å²) in [6.07, 6.45) is 1.00. The summed E-state index contributed by atoms with van der Waals surface area (Å²) < 4.78 is 28.0. The van der Waals surface area contributed by atoms with Gasteiger partial charge < -0.3 is 15.1 Å². The summed E-state index contributed by atoms with van der Waals surface area (Å²) in [7, 11) is 4.19. The molecule has 1 unspecified atom stereocenters. The van der Waals surface area contributed by atoms with Crippen LogP contribution in [0.15, 0.2) is 36.4 Å². The fourth-order valence-electron chi connectivity index (χ4n) is 4.38. The predicted molar refractivity (Wildman–Crippen MR) is 114 cm³/mol. The lowest BCUT2D eigenvalue weighted by Gasteiger charge is -2.38. The standard InChI is InChI=1S/C23H28F2N4O/c1-27-10-12-29(13-11-27)21(16-6-7-20-17(14-16)8-9-28(20)2)15-26-23(30)22-18(24)4-3-5-19(22)25/h3-7,14,21H,8-13,15H2,1-2H3,(H,26,30). The first kappa shape index (κ1) is 20.8. The first-order valence-electron chi connectivity index (χ1n) is 10.4. The third-order valence-electron chi connectivity index (χ3n) is 6.24. The van der Waals surface area contributed by atoms with Gasteiger partial charge in [0.2, 0.25) is 0 Å². The molecule has 0 spiro atoms. The topological polar surface area (TPSA) is 38.8 Å². The van der Waals surface area contributed by atoms with E-state index >= 15 is 0 Å². The number of hydrogen-bond acceptors (Lipinski definition) is 4. The van der Waals surface area contributed by atoms with Gasteiger partial charge in [-0.3, -0.25) is 9.69 Å². The Morgan fingerprint density at radius 2 is 1.73 bits per heavy atom. The van der Waals surface area contributed by atoms with Crippen molar-refractivity contribution in [2.24, 2.45) is 0 Å². The lowest BCUT2D eigenvalue weighted by atomic mass is 10.00. The molecule has 0 bridgehead atoms. The third-order valence-corrected chi connectivity index (χ3v) is 6.24. The third kappa shape index (κ3) is 4.18. The molecule has 30 heavy (non-hydrogen) atoms. The highest BCUT2D eigenvalue weighted by Gasteiger charge is 2.27. The van der Waals surface area contributed by atoms with Crippen molar-refractivity contribution >= 4 is 11.6 Å². The summed E-state index contributed by atoms with van der Waals surface area (Å²) in [5, 5.41) is 2.78. The molecule has 5 nitrogen and oxygen atoms in total. The number of piperazine rings is 1. The number of carbonyl (C=O) groups excluding carboxylic acids is 1. The van der Waals surface area contributed by atoms with E-state index in [4.69, 9.17) is 0 Å². The lowest BCUT2D eigenvalue weighted by molar-refractivity contribution is 0.0879. The van der Waals surface area contributed by atoms with E-state index in [0.717, 1.165) is 56.8 Å². The number of rotatable bonds is 5. The summed E-state index contributed by atoms with van der Waals surface area (Å²) in [4.78, 5) is 19.4. The zero-order valence-corrected chi connectivity index (χ0v) is 17.5. The van der Waals surface area contributed by atoms with Crippen molar-refractivity contribution in [2.45, 2.75) is 12.5 Å². The van der Waals surface area contributed by atoms with Crippen LogP contribution in [0.5, 0.6) is 0 Å². The second-order valence-corrected chi connectivity index (χ2v) is 8.22. The number of anilines is 1. The molecule has 2 aromatic carbocycles. The molecule has 4 rings (SSSR count). The monoisotopic (exact) mass is 414 g/mol. The molecule has 160 valence electrons. The Bertz CT molecular complexity index is 907. The van der Waals surface area contributed by atoms with Gasteiger partial charge in [-0.05, 0) is 42.8 Å². The fraction of sp³-hybridized carbons (Fsp3) is 0.435. The Hall–Kier alpha value is -2.51. The van der Waals surface area contributed by atoms with Crippen molar-refractivity contribution in [1.29, 1.82) is 0 Å². The maximum absolute atomic E-state index is 14.0. The Morgan fingerprint density at radius 3 is 2.43 bits per heavy atom. The molecule has 1 atom stereocenters. The van der Waals surface area contributed by atoms with Crippen LogP contribution in [-0.2, 0) is 6.42 Å². The number of hydrogen-bond donors (Lipinski definition) is 1. The van der Waals surface area contributed by atoms with Gasteiger partial charge in [0.1, 0.15) is 17.2 Å². The Balaban J connectivity index is 1.56. The molecule has 0 aromatic heterocycles. The van der Waals surface area contributed by atoms with Gasteiger partial charge in [-0.1, -0.05) is 18.2 Å². The molecular weight excluding hydrogens is 386 g/mol. The summed E-state index contributed by atoms with van der Waals surface area (Å²) in [6, 6.07) is 9.89. The van der Waals surface area contributed by atoms with Crippen molar-refractivity contribution in [3.05, 3.63) is 64.7 Å². The van der Waals surface area contributed by atoms with Crippen LogP contribution in [0.2, 0.25) is 0 Å². The number of nitrogens with one attached hydrogen (secondary N) is 1. The Labute approximate surface area is 176 Å². The van der Waals surface area contributed by atoms with E-state index in [2.05, 4.69) is 52.3 Å². The minimum absolute atomic E-state index is 0.0475. The second kappa shape index (κ2) is 8.70. The molecular formula is C23H28F2N4O. The molecule has 1 amide bonds. The van der Waals surface area contributed by atoms with Crippen LogP contribution >= 0.6 is 0 Å². The lowest BCUT2D eigenvalue weighted by Crippen LogP contribution is -2.48. The van der Waals surface area contributed by atoms with Crippen molar-refractivity contribution in [1.82, 2.24) is 15.1 Å². The smallest absolute Gasteiger partial charge is 0.257 e. The highest BCUT2D eigenvalue weighted by atomic mass is 19.1. The highest BCUT2D eigenvalue weighted by molar-refractivity contribution is 5.94. The average molecular weight is 415 g/mol. The van der Waals surface area contributed by atoms with Gasteiger partial charge >= 0.3 is 0 Å². The van der Waals surface area contributed by atoms with Gasteiger partial charge in [0.25, 0.3) is 5.91 Å². The minimum Gasteiger partial charge on any atom is -0.374 e. The molecule has 2 aliphatic rings. The number of nitrogens with zero attached hydrogens (tertiary/aromatic N) is 3. The summed E-state index contributed by atoms with van der Waals surface area (Å²) in [6.45, 7) is 4.94. The van der Waals surface area contributed by atoms with Gasteiger partial charge in [-0.25, -0.2) is 8.78 Å². The molecule has 2 aliphatic heterocycles. The zero-order valence-electron chi connectivity index (χ0n) is 17.5. The first-order chi connectivity index (χ1) is 14.4. The predicted octanol–water partition coefficient (Wildman–Crippen LogP) is 2.68. The molecule has 0 radical (unpaired) electrons. The summed E-state index contributed by atoms with van der Waals surface area (Å²) in [5.41, 5.74) is 3.15. The zero-order chi connectivity index (χ0) is 21.3. The summed E-state index contributed by atoms with van der Waals surface area (Å²) in [5.74, 6) is -2.40. The van der Waals surface area contributed by atoms with Crippen molar-refractivity contribution in [2.75, 3.05) is 58.3 Å². The molecule has 1 fully saturated rings. The molecule has 0 saturated carbocycles. The minimum atomic E-state index is -0.843. The van der Waals surface area contributed by atoms with E-state index in [1.165, 1.54) is 17.3 Å². The molecule has 2 heterocycles. The van der Waals surface area contributed by atoms with E-state index in [1.54, 1.807) is 0 Å². The van der Waals surface area contributed by atoms with Crippen LogP contribution in [0, 0.1) is 11.6 Å². The quantitative estimate of drug-likeness (QED) is 0.817. The number of halogens is 2. The maximum atomic E-state index is 14.0. The molecule has 1 saturated heterocycles. The van der Waals surface area contributed by atoms with Crippen LogP contribution in [0.3, 0.4) is 0 Å². The number of benzene rings is 2. The normalized spacial score (nSPS) is 18.3. The van der Waals surface area contributed by atoms with E-state index < -0.39 is 23.1 Å². The molecule has 0 aliphatic carbocycles. The second-order valence-electron chi connectivity index (χ2n) is 8.22. The van der Waals surface area contributed by atoms with Crippen molar-refractivity contribution < 1.29 is 13.6 Å². The fourth-order valence-corrected chi connectivity index (χ4v) is 4.38. The first-order valence-corrected chi connectivity index (χ1v) is 10.4. The van der Waals surface area contributed by atoms with Crippen molar-refractivity contribution in [3.8, 4) is 0 Å². The number of fused-ring (bicyclic) bond motifs is 1. The summed E-state index contributed by atoms with van der Waals surface area (Å²) >= 11 is 0. The van der Waals surface area contributed by atoms with Gasteiger partial charge in [0.15, 0.2) is 0 Å². The number of carbonyl (C=O) groups is 1. The van der Waals surface area contributed by atoms with Crippen LogP contribution in [0.4, 0.5) is 14.5 Å². The largest absolute Gasteiger partial charge is 0.374 e. The van der Waals surface area contributed by atoms with Gasteiger partial charge in [-0.2, -0.15) is 0 Å². The van der Waals surface area contributed by atoms with Crippen LogP contribution in [0.25, 0.3) is 0 Å². The van der Waals surface area contributed by atoms with E-state index in [0.29, 0.717) is 6.54 Å². The molecule has 2 aromatic rings. The number of amides is 1. The van der Waals surface area contributed by atoms with Crippen LogP contribution in [-0.4, -0.2) is 69.1 Å².